The zero-order valence-electron chi connectivity index (χ0n) is 19.7. The average Bonchev–Trinajstić information content (AvgIpc) is 3.52. The molecular formula is C26H26N6O3. The molecular weight excluding hydrogens is 444 g/mol. The molecule has 1 amide bonds. The van der Waals surface area contributed by atoms with E-state index >= 15 is 0 Å². The van der Waals surface area contributed by atoms with Gasteiger partial charge in [-0.1, -0.05) is 12.1 Å². The van der Waals surface area contributed by atoms with Gasteiger partial charge in [-0.2, -0.15) is 0 Å². The Hall–Kier alpha value is -4.11. The smallest absolute Gasteiger partial charge is 0.228 e. The van der Waals surface area contributed by atoms with Crippen molar-refractivity contribution in [1.82, 2.24) is 14.4 Å². The Labute approximate surface area is 202 Å². The van der Waals surface area contributed by atoms with Gasteiger partial charge in [0.1, 0.15) is 5.75 Å². The Morgan fingerprint density at radius 3 is 2.83 bits per heavy atom. The van der Waals surface area contributed by atoms with Crippen LogP contribution in [0.15, 0.2) is 48.8 Å². The third kappa shape index (κ3) is 3.83. The lowest BCUT2D eigenvalue weighted by Gasteiger charge is -2.30. The first-order chi connectivity index (χ1) is 17.1. The highest BCUT2D eigenvalue weighted by Gasteiger charge is 2.21. The van der Waals surface area contributed by atoms with Crippen molar-refractivity contribution in [3.8, 4) is 17.0 Å². The SMILES string of the molecule is COc1cc(Nc2nc(-c3ccc4c(c3)NC(=O)C4)c(C)n3ccnc23)ccc1N1CCOCC1. The number of hydrogen-bond donors (Lipinski definition) is 2. The zero-order chi connectivity index (χ0) is 23.9. The molecule has 0 aliphatic carbocycles. The van der Waals surface area contributed by atoms with E-state index in [9.17, 15) is 4.79 Å². The molecule has 0 saturated carbocycles. The van der Waals surface area contributed by atoms with Crippen LogP contribution >= 0.6 is 0 Å². The number of amides is 1. The standard InChI is InChI=1S/C26H26N6O3/c1-16-24(18-4-3-17-14-23(33)29-20(17)13-18)30-25(26-27-7-8-32(16)26)28-19-5-6-21(22(15-19)34-2)31-9-11-35-12-10-31/h3-8,13,15H,9-12,14H2,1-2H3,(H,28,30)(H,29,33). The Kier molecular flexibility index (Phi) is 5.26. The molecule has 9 heteroatoms. The van der Waals surface area contributed by atoms with E-state index in [4.69, 9.17) is 14.5 Å². The molecule has 1 saturated heterocycles. The summed E-state index contributed by atoms with van der Waals surface area (Å²) in [5, 5.41) is 6.38. The van der Waals surface area contributed by atoms with Gasteiger partial charge in [0.05, 0.1) is 38.1 Å². The molecule has 4 heterocycles. The summed E-state index contributed by atoms with van der Waals surface area (Å²) in [4.78, 5) is 23.6. The minimum atomic E-state index is 0.0173. The number of anilines is 4. The van der Waals surface area contributed by atoms with E-state index in [1.165, 1.54) is 0 Å². The normalized spacial score (nSPS) is 15.3. The average molecular weight is 471 g/mol. The van der Waals surface area contributed by atoms with E-state index in [0.29, 0.717) is 25.5 Å². The first kappa shape index (κ1) is 21.4. The molecule has 0 bridgehead atoms. The van der Waals surface area contributed by atoms with Crippen LogP contribution in [0.25, 0.3) is 16.9 Å². The number of aromatic nitrogens is 3. The van der Waals surface area contributed by atoms with Gasteiger partial charge < -0.3 is 25.0 Å². The number of rotatable bonds is 5. The molecule has 0 spiro atoms. The minimum Gasteiger partial charge on any atom is -0.495 e. The summed E-state index contributed by atoms with van der Waals surface area (Å²) in [6.07, 6.45) is 4.11. The molecule has 2 aromatic heterocycles. The molecule has 2 aliphatic rings. The predicted molar refractivity (Wildman–Crippen MR) is 135 cm³/mol. The number of hydrogen-bond acceptors (Lipinski definition) is 7. The van der Waals surface area contributed by atoms with Crippen LogP contribution in [0.4, 0.5) is 22.9 Å². The van der Waals surface area contributed by atoms with Crippen LogP contribution < -0.4 is 20.3 Å². The topological polar surface area (TPSA) is 93.0 Å². The van der Waals surface area contributed by atoms with E-state index in [2.05, 4.69) is 26.6 Å². The van der Waals surface area contributed by atoms with Crippen LogP contribution in [0.3, 0.4) is 0 Å². The summed E-state index contributed by atoms with van der Waals surface area (Å²) in [7, 11) is 1.69. The fourth-order valence-corrected chi connectivity index (χ4v) is 4.78. The number of nitrogens with zero attached hydrogens (tertiary/aromatic N) is 4. The first-order valence-electron chi connectivity index (χ1n) is 11.7. The van der Waals surface area contributed by atoms with E-state index < -0.39 is 0 Å². The van der Waals surface area contributed by atoms with Gasteiger partial charge in [-0.25, -0.2) is 9.97 Å². The molecule has 35 heavy (non-hydrogen) atoms. The number of carbonyl (C=O) groups is 1. The lowest BCUT2D eigenvalue weighted by atomic mass is 10.1. The predicted octanol–water partition coefficient (Wildman–Crippen LogP) is 3.79. The highest BCUT2D eigenvalue weighted by molar-refractivity contribution is 6.00. The highest BCUT2D eigenvalue weighted by Crippen LogP contribution is 2.35. The number of morpholine rings is 1. The van der Waals surface area contributed by atoms with Crippen molar-refractivity contribution in [2.45, 2.75) is 13.3 Å². The molecule has 6 rings (SSSR count). The molecule has 2 aliphatic heterocycles. The number of benzene rings is 2. The number of methoxy groups -OCH3 is 1. The summed E-state index contributed by atoms with van der Waals surface area (Å²) in [5.74, 6) is 1.45. The van der Waals surface area contributed by atoms with Gasteiger partial charge in [-0.15, -0.1) is 0 Å². The molecule has 1 fully saturated rings. The largest absolute Gasteiger partial charge is 0.495 e. The lowest BCUT2D eigenvalue weighted by Crippen LogP contribution is -2.36. The van der Waals surface area contributed by atoms with E-state index in [1.54, 1.807) is 13.3 Å². The second-order valence-corrected chi connectivity index (χ2v) is 8.72. The number of fused-ring (bicyclic) bond motifs is 2. The second kappa shape index (κ2) is 8.59. The van der Waals surface area contributed by atoms with Gasteiger partial charge in [-0.3, -0.25) is 9.20 Å². The van der Waals surface area contributed by atoms with Gasteiger partial charge in [0.25, 0.3) is 0 Å². The number of aryl methyl sites for hydroxylation is 1. The first-order valence-corrected chi connectivity index (χ1v) is 11.7. The fourth-order valence-electron chi connectivity index (χ4n) is 4.78. The van der Waals surface area contributed by atoms with Crippen molar-refractivity contribution >= 4 is 34.4 Å². The van der Waals surface area contributed by atoms with Crippen molar-refractivity contribution in [2.75, 3.05) is 48.9 Å². The minimum absolute atomic E-state index is 0.0173. The maximum Gasteiger partial charge on any atom is 0.228 e. The summed E-state index contributed by atoms with van der Waals surface area (Å²) < 4.78 is 13.2. The summed E-state index contributed by atoms with van der Waals surface area (Å²) in [6.45, 7) is 5.11. The summed E-state index contributed by atoms with van der Waals surface area (Å²) in [5.41, 5.74) is 7.20. The Bertz CT molecular complexity index is 1440. The van der Waals surface area contributed by atoms with E-state index in [0.717, 1.165) is 64.1 Å². The van der Waals surface area contributed by atoms with Gasteiger partial charge in [0.15, 0.2) is 11.5 Å². The Balaban J connectivity index is 1.38. The maximum absolute atomic E-state index is 11.8. The van der Waals surface area contributed by atoms with Crippen molar-refractivity contribution in [1.29, 1.82) is 0 Å². The number of imidazole rings is 1. The van der Waals surface area contributed by atoms with E-state index in [1.807, 2.05) is 47.9 Å². The molecule has 0 unspecified atom stereocenters. The third-order valence-electron chi connectivity index (χ3n) is 6.58. The summed E-state index contributed by atoms with van der Waals surface area (Å²) in [6, 6.07) is 12.1. The van der Waals surface area contributed by atoms with E-state index in [-0.39, 0.29) is 5.91 Å². The van der Waals surface area contributed by atoms with Gasteiger partial charge in [-0.05, 0) is 30.7 Å². The molecule has 0 radical (unpaired) electrons. The van der Waals surface area contributed by atoms with Crippen molar-refractivity contribution < 1.29 is 14.3 Å². The van der Waals surface area contributed by atoms with Gasteiger partial charge in [0, 0.05) is 54.2 Å². The van der Waals surface area contributed by atoms with Crippen LogP contribution in [-0.4, -0.2) is 53.7 Å². The zero-order valence-corrected chi connectivity index (χ0v) is 19.7. The van der Waals surface area contributed by atoms with Crippen LogP contribution in [0.1, 0.15) is 11.3 Å². The van der Waals surface area contributed by atoms with Crippen LogP contribution in [0, 0.1) is 6.92 Å². The molecule has 2 N–H and O–H groups in total. The molecule has 2 aromatic carbocycles. The number of ether oxygens (including phenoxy) is 2. The highest BCUT2D eigenvalue weighted by atomic mass is 16.5. The number of nitrogens with one attached hydrogen (secondary N) is 2. The van der Waals surface area contributed by atoms with Crippen molar-refractivity contribution in [3.63, 3.8) is 0 Å². The van der Waals surface area contributed by atoms with Crippen molar-refractivity contribution in [3.05, 3.63) is 60.0 Å². The Morgan fingerprint density at radius 2 is 2.00 bits per heavy atom. The maximum atomic E-state index is 11.8. The van der Waals surface area contributed by atoms with Gasteiger partial charge in [0.2, 0.25) is 5.91 Å². The van der Waals surface area contributed by atoms with Crippen LogP contribution in [-0.2, 0) is 16.0 Å². The molecule has 178 valence electrons. The molecule has 4 aromatic rings. The Morgan fingerprint density at radius 1 is 1.14 bits per heavy atom. The quantitative estimate of drug-likeness (QED) is 0.458. The third-order valence-corrected chi connectivity index (χ3v) is 6.58. The van der Waals surface area contributed by atoms with Crippen molar-refractivity contribution in [2.24, 2.45) is 0 Å². The second-order valence-electron chi connectivity index (χ2n) is 8.72. The van der Waals surface area contributed by atoms with Crippen LogP contribution in [0.5, 0.6) is 5.75 Å². The van der Waals surface area contributed by atoms with Crippen LogP contribution in [0.2, 0.25) is 0 Å². The summed E-state index contributed by atoms with van der Waals surface area (Å²) >= 11 is 0. The van der Waals surface area contributed by atoms with Gasteiger partial charge >= 0.3 is 0 Å². The molecule has 0 atom stereocenters. The molecule has 9 nitrogen and oxygen atoms in total. The fraction of sp³-hybridized carbons (Fsp3) is 0.269. The lowest BCUT2D eigenvalue weighted by molar-refractivity contribution is -0.115. The monoisotopic (exact) mass is 470 g/mol. The number of carbonyl (C=O) groups excluding carboxylic acids is 1.